The van der Waals surface area contributed by atoms with Crippen molar-refractivity contribution in [2.75, 3.05) is 5.32 Å². The number of ketones is 1. The van der Waals surface area contributed by atoms with Gasteiger partial charge in [-0.3, -0.25) is 4.79 Å². The van der Waals surface area contributed by atoms with Crippen LogP contribution in [0.25, 0.3) is 0 Å². The summed E-state index contributed by atoms with van der Waals surface area (Å²) in [4.78, 5) is 12.6. The van der Waals surface area contributed by atoms with E-state index >= 15 is 0 Å². The summed E-state index contributed by atoms with van der Waals surface area (Å²) in [5, 5.41) is 3.34. The lowest BCUT2D eigenvalue weighted by Crippen LogP contribution is -2.15. The number of halogens is 1. The van der Waals surface area contributed by atoms with E-state index in [0.29, 0.717) is 12.0 Å². The number of nitrogens with one attached hydrogen (secondary N) is 1. The van der Waals surface area contributed by atoms with Gasteiger partial charge in [-0.1, -0.05) is 60.7 Å². The molecule has 3 aromatic rings. The highest BCUT2D eigenvalue weighted by Gasteiger charge is 2.17. The zero-order valence-electron chi connectivity index (χ0n) is 13.2. The first-order valence-corrected chi connectivity index (χ1v) is 7.87. The molecule has 3 aromatic carbocycles. The standard InChI is InChI=1S/C21H18FNO/c22-18-11-13-19(14-12-18)23-20(16-7-3-1-4-8-16)15-21(24)17-9-5-2-6-10-17/h1-14,20,23H,15H2/t20-/m0/s1. The van der Waals surface area contributed by atoms with Crippen molar-refractivity contribution in [3.8, 4) is 0 Å². The van der Waals surface area contributed by atoms with Gasteiger partial charge in [0.05, 0.1) is 6.04 Å². The van der Waals surface area contributed by atoms with E-state index in [2.05, 4.69) is 5.32 Å². The Labute approximate surface area is 141 Å². The van der Waals surface area contributed by atoms with Crippen LogP contribution in [0.1, 0.15) is 28.4 Å². The quantitative estimate of drug-likeness (QED) is 0.629. The smallest absolute Gasteiger partial charge is 0.165 e. The van der Waals surface area contributed by atoms with Crippen molar-refractivity contribution in [1.82, 2.24) is 0 Å². The molecule has 0 amide bonds. The van der Waals surface area contributed by atoms with Crippen molar-refractivity contribution < 1.29 is 9.18 Å². The third kappa shape index (κ3) is 4.07. The molecule has 0 fully saturated rings. The summed E-state index contributed by atoms with van der Waals surface area (Å²) >= 11 is 0. The van der Waals surface area contributed by atoms with Gasteiger partial charge in [-0.25, -0.2) is 4.39 Å². The highest BCUT2D eigenvalue weighted by Crippen LogP contribution is 2.24. The maximum atomic E-state index is 13.1. The van der Waals surface area contributed by atoms with Crippen LogP contribution in [0.3, 0.4) is 0 Å². The van der Waals surface area contributed by atoms with Gasteiger partial charge in [0, 0.05) is 17.7 Å². The Morgan fingerprint density at radius 3 is 2.04 bits per heavy atom. The van der Waals surface area contributed by atoms with Gasteiger partial charge in [-0.15, -0.1) is 0 Å². The highest BCUT2D eigenvalue weighted by molar-refractivity contribution is 5.96. The number of carbonyl (C=O) groups excluding carboxylic acids is 1. The van der Waals surface area contributed by atoms with Gasteiger partial charge in [0.25, 0.3) is 0 Å². The van der Waals surface area contributed by atoms with E-state index in [1.807, 2.05) is 60.7 Å². The molecule has 0 unspecified atom stereocenters. The first kappa shape index (κ1) is 15.9. The van der Waals surface area contributed by atoms with Crippen molar-refractivity contribution in [2.24, 2.45) is 0 Å². The topological polar surface area (TPSA) is 29.1 Å². The Bertz CT molecular complexity index is 785. The molecule has 0 spiro atoms. The summed E-state index contributed by atoms with van der Waals surface area (Å²) < 4.78 is 13.1. The second-order valence-corrected chi connectivity index (χ2v) is 5.61. The molecule has 0 aliphatic heterocycles. The molecular weight excluding hydrogens is 301 g/mol. The number of rotatable bonds is 6. The van der Waals surface area contributed by atoms with Gasteiger partial charge in [-0.05, 0) is 29.8 Å². The fourth-order valence-electron chi connectivity index (χ4n) is 2.61. The summed E-state index contributed by atoms with van der Waals surface area (Å²) in [6, 6.07) is 25.1. The van der Waals surface area contributed by atoms with Crippen LogP contribution < -0.4 is 5.32 Å². The lowest BCUT2D eigenvalue weighted by Gasteiger charge is -2.20. The zero-order valence-corrected chi connectivity index (χ0v) is 13.2. The van der Waals surface area contributed by atoms with Crippen molar-refractivity contribution in [2.45, 2.75) is 12.5 Å². The van der Waals surface area contributed by atoms with Crippen LogP contribution >= 0.6 is 0 Å². The van der Waals surface area contributed by atoms with Crippen molar-refractivity contribution in [3.63, 3.8) is 0 Å². The molecule has 0 aromatic heterocycles. The van der Waals surface area contributed by atoms with Crippen LogP contribution in [0.5, 0.6) is 0 Å². The summed E-state index contributed by atoms with van der Waals surface area (Å²) in [5.74, 6) is -0.212. The second-order valence-electron chi connectivity index (χ2n) is 5.61. The Morgan fingerprint density at radius 1 is 0.833 bits per heavy atom. The molecule has 0 heterocycles. The monoisotopic (exact) mass is 319 g/mol. The van der Waals surface area contributed by atoms with Crippen LogP contribution in [0.4, 0.5) is 10.1 Å². The first-order valence-electron chi connectivity index (χ1n) is 7.87. The minimum Gasteiger partial charge on any atom is -0.378 e. The number of hydrogen-bond donors (Lipinski definition) is 1. The molecule has 1 N–H and O–H groups in total. The largest absolute Gasteiger partial charge is 0.378 e. The number of anilines is 1. The maximum absolute atomic E-state index is 13.1. The van der Waals surface area contributed by atoms with Crippen LogP contribution in [-0.4, -0.2) is 5.78 Å². The third-order valence-electron chi connectivity index (χ3n) is 3.87. The maximum Gasteiger partial charge on any atom is 0.165 e. The van der Waals surface area contributed by atoms with Crippen LogP contribution in [0, 0.1) is 5.82 Å². The van der Waals surface area contributed by atoms with Crippen LogP contribution in [0.15, 0.2) is 84.9 Å². The van der Waals surface area contributed by atoms with Crippen LogP contribution in [0.2, 0.25) is 0 Å². The average molecular weight is 319 g/mol. The Hall–Kier alpha value is -2.94. The third-order valence-corrected chi connectivity index (χ3v) is 3.87. The van der Waals surface area contributed by atoms with E-state index in [1.54, 1.807) is 12.1 Å². The first-order chi connectivity index (χ1) is 11.7. The summed E-state index contributed by atoms with van der Waals surface area (Å²) in [6.07, 6.45) is 0.325. The van der Waals surface area contributed by atoms with E-state index in [9.17, 15) is 9.18 Å². The average Bonchev–Trinajstić information content (AvgIpc) is 2.64. The molecule has 0 aliphatic rings. The van der Waals surface area contributed by atoms with Gasteiger partial charge < -0.3 is 5.32 Å². The van der Waals surface area contributed by atoms with Crippen molar-refractivity contribution in [3.05, 3.63) is 102 Å². The fourth-order valence-corrected chi connectivity index (χ4v) is 2.61. The van der Waals surface area contributed by atoms with E-state index in [1.165, 1.54) is 12.1 Å². The molecule has 1 atom stereocenters. The minimum absolute atomic E-state index is 0.0686. The van der Waals surface area contributed by atoms with Gasteiger partial charge in [0.1, 0.15) is 5.82 Å². The summed E-state index contributed by atoms with van der Waals surface area (Å²) in [5.41, 5.74) is 2.50. The van der Waals surface area contributed by atoms with Gasteiger partial charge in [-0.2, -0.15) is 0 Å². The Kier molecular flexibility index (Phi) is 5.02. The molecule has 0 aliphatic carbocycles. The number of carbonyl (C=O) groups is 1. The molecular formula is C21H18FNO. The molecule has 0 bridgehead atoms. The highest BCUT2D eigenvalue weighted by atomic mass is 19.1. The van der Waals surface area contributed by atoms with E-state index in [-0.39, 0.29) is 17.6 Å². The molecule has 120 valence electrons. The lowest BCUT2D eigenvalue weighted by molar-refractivity contribution is 0.0976. The molecule has 0 saturated heterocycles. The van der Waals surface area contributed by atoms with Gasteiger partial charge in [0.2, 0.25) is 0 Å². The summed E-state index contributed by atoms with van der Waals surface area (Å²) in [6.45, 7) is 0. The number of benzene rings is 3. The number of Topliss-reactive ketones (excluding diaryl/α,β-unsaturated/α-hetero) is 1. The van der Waals surface area contributed by atoms with E-state index < -0.39 is 0 Å². The van der Waals surface area contributed by atoms with E-state index in [0.717, 1.165) is 11.3 Å². The molecule has 24 heavy (non-hydrogen) atoms. The molecule has 0 radical (unpaired) electrons. The van der Waals surface area contributed by atoms with Gasteiger partial charge >= 0.3 is 0 Å². The molecule has 3 heteroatoms. The second kappa shape index (κ2) is 7.55. The zero-order chi connectivity index (χ0) is 16.8. The van der Waals surface area contributed by atoms with Crippen LogP contribution in [-0.2, 0) is 0 Å². The Balaban J connectivity index is 1.82. The SMILES string of the molecule is O=C(C[C@H](Nc1ccc(F)cc1)c1ccccc1)c1ccccc1. The number of hydrogen-bond acceptors (Lipinski definition) is 2. The predicted molar refractivity (Wildman–Crippen MR) is 94.6 cm³/mol. The van der Waals surface area contributed by atoms with Crippen molar-refractivity contribution >= 4 is 11.5 Å². The fraction of sp³-hybridized carbons (Fsp3) is 0.0952. The minimum atomic E-state index is -0.280. The molecule has 0 saturated carbocycles. The summed E-state index contributed by atoms with van der Waals surface area (Å²) in [7, 11) is 0. The van der Waals surface area contributed by atoms with E-state index in [4.69, 9.17) is 0 Å². The predicted octanol–water partition coefficient (Wildman–Crippen LogP) is 5.25. The molecule has 2 nitrogen and oxygen atoms in total. The lowest BCUT2D eigenvalue weighted by atomic mass is 9.97. The van der Waals surface area contributed by atoms with Gasteiger partial charge in [0.15, 0.2) is 5.78 Å². The normalized spacial score (nSPS) is 11.7. The molecule has 3 rings (SSSR count). The van der Waals surface area contributed by atoms with Crippen molar-refractivity contribution in [1.29, 1.82) is 0 Å². The Morgan fingerprint density at radius 2 is 1.42 bits per heavy atom.